The molecule has 0 atom stereocenters. The summed E-state index contributed by atoms with van der Waals surface area (Å²) >= 11 is 0. The lowest BCUT2D eigenvalue weighted by molar-refractivity contribution is 1.06. The van der Waals surface area contributed by atoms with Crippen molar-refractivity contribution in [3.8, 4) is 11.4 Å². The van der Waals surface area contributed by atoms with E-state index in [0.717, 1.165) is 47.7 Å². The summed E-state index contributed by atoms with van der Waals surface area (Å²) in [6.07, 6.45) is 11.5. The molecule has 0 amide bonds. The second kappa shape index (κ2) is 11.0. The van der Waals surface area contributed by atoms with Crippen molar-refractivity contribution in [2.75, 3.05) is 0 Å². The summed E-state index contributed by atoms with van der Waals surface area (Å²) in [6.45, 7) is 0. The SMILES string of the molecule is C1=CCC=c2c(c3ccccc3n2-c2ccc(C3=Nc4cc5c(cc4C3)N=C(c3ccc(-n4c6ccccc6c6ccccc64)cc3)C5)cc2)=C1. The van der Waals surface area contributed by atoms with E-state index in [1.807, 2.05) is 0 Å². The fourth-order valence-electron chi connectivity index (χ4n) is 8.39. The zero-order valence-electron chi connectivity index (χ0n) is 27.9. The molecule has 0 bridgehead atoms. The molecule has 0 fully saturated rings. The number of para-hydroxylation sites is 3. The van der Waals surface area contributed by atoms with Crippen LogP contribution in [0.4, 0.5) is 11.4 Å². The Balaban J connectivity index is 0.861. The number of hydrogen-bond acceptors (Lipinski definition) is 2. The molecule has 0 unspecified atom stereocenters. The van der Waals surface area contributed by atoms with E-state index >= 15 is 0 Å². The molecule has 4 heterocycles. The number of allylic oxidation sites excluding steroid dienone is 2. The second-order valence-corrected chi connectivity index (χ2v) is 13.7. The predicted octanol–water partition coefficient (Wildman–Crippen LogP) is 9.60. The van der Waals surface area contributed by atoms with Crippen LogP contribution in [0.3, 0.4) is 0 Å². The Morgan fingerprint density at radius 3 is 1.55 bits per heavy atom. The van der Waals surface area contributed by atoms with Gasteiger partial charge in [-0.1, -0.05) is 103 Å². The van der Waals surface area contributed by atoms with E-state index in [1.54, 1.807) is 0 Å². The topological polar surface area (TPSA) is 34.6 Å². The van der Waals surface area contributed by atoms with E-state index in [-0.39, 0.29) is 0 Å². The number of nitrogens with zero attached hydrogens (tertiary/aromatic N) is 4. The summed E-state index contributed by atoms with van der Waals surface area (Å²) in [5, 5.41) is 6.38. The number of hydrogen-bond donors (Lipinski definition) is 0. The van der Waals surface area contributed by atoms with E-state index in [2.05, 4.69) is 167 Å². The summed E-state index contributed by atoms with van der Waals surface area (Å²) in [5.41, 5.74) is 15.2. The minimum Gasteiger partial charge on any atom is -0.310 e. The van der Waals surface area contributed by atoms with Gasteiger partial charge in [0.15, 0.2) is 0 Å². The molecule has 8 aromatic rings. The van der Waals surface area contributed by atoms with Gasteiger partial charge in [0.2, 0.25) is 0 Å². The van der Waals surface area contributed by atoms with Gasteiger partial charge in [0.1, 0.15) is 0 Å². The minimum absolute atomic E-state index is 0.815. The third kappa shape index (κ3) is 4.39. The fourth-order valence-corrected chi connectivity index (χ4v) is 8.39. The number of aromatic nitrogens is 2. The minimum atomic E-state index is 0.815. The van der Waals surface area contributed by atoms with Gasteiger partial charge < -0.3 is 9.13 Å². The first-order chi connectivity index (χ1) is 25.3. The van der Waals surface area contributed by atoms with Crippen molar-refractivity contribution in [1.82, 2.24) is 9.13 Å². The molecule has 0 saturated carbocycles. The highest BCUT2D eigenvalue weighted by Crippen LogP contribution is 2.39. The monoisotopic (exact) mass is 652 g/mol. The van der Waals surface area contributed by atoms with Crippen LogP contribution in [0.5, 0.6) is 0 Å². The van der Waals surface area contributed by atoms with Crippen LogP contribution < -0.4 is 10.6 Å². The summed E-state index contributed by atoms with van der Waals surface area (Å²) < 4.78 is 4.75. The first-order valence-electron chi connectivity index (χ1n) is 17.7. The number of fused-ring (bicyclic) bond motifs is 8. The first kappa shape index (κ1) is 28.3. The molecule has 2 aromatic heterocycles. The average Bonchev–Trinajstić information content (AvgIpc) is 3.90. The molecule has 2 aliphatic heterocycles. The Bertz CT molecular complexity index is 2910. The van der Waals surface area contributed by atoms with Gasteiger partial charge in [-0.05, 0) is 83.3 Å². The third-order valence-corrected chi connectivity index (χ3v) is 10.8. The van der Waals surface area contributed by atoms with Crippen LogP contribution in [-0.4, -0.2) is 20.6 Å². The van der Waals surface area contributed by atoms with Gasteiger partial charge in [0, 0.05) is 45.6 Å². The lowest BCUT2D eigenvalue weighted by atomic mass is 10.00. The van der Waals surface area contributed by atoms with Crippen molar-refractivity contribution in [2.45, 2.75) is 19.3 Å². The molecule has 11 rings (SSSR count). The largest absolute Gasteiger partial charge is 0.310 e. The molecule has 0 N–H and O–H groups in total. The Morgan fingerprint density at radius 1 is 0.490 bits per heavy atom. The highest BCUT2D eigenvalue weighted by Gasteiger charge is 2.23. The Labute approximate surface area is 295 Å². The maximum absolute atomic E-state index is 5.15. The van der Waals surface area contributed by atoms with Crippen molar-refractivity contribution >= 4 is 67.7 Å². The van der Waals surface area contributed by atoms with Crippen molar-refractivity contribution in [3.63, 3.8) is 0 Å². The zero-order valence-corrected chi connectivity index (χ0v) is 27.9. The normalized spacial score (nSPS) is 14.5. The van der Waals surface area contributed by atoms with Crippen molar-refractivity contribution < 1.29 is 0 Å². The summed E-state index contributed by atoms with van der Waals surface area (Å²) in [5.74, 6) is 0. The highest BCUT2D eigenvalue weighted by molar-refractivity contribution is 6.11. The molecule has 4 heteroatoms. The fraction of sp³-hybridized carbons (Fsp3) is 0.0638. The van der Waals surface area contributed by atoms with Crippen molar-refractivity contribution in [3.05, 3.63) is 178 Å². The second-order valence-electron chi connectivity index (χ2n) is 13.7. The molecule has 4 nitrogen and oxygen atoms in total. The average molecular weight is 653 g/mol. The summed E-state index contributed by atoms with van der Waals surface area (Å²) in [4.78, 5) is 10.3. The van der Waals surface area contributed by atoms with Crippen LogP contribution in [0.25, 0.3) is 56.2 Å². The maximum atomic E-state index is 5.15. The molecule has 6 aromatic carbocycles. The molecular formula is C47H32N4. The maximum Gasteiger partial charge on any atom is 0.0673 e. The molecule has 3 aliphatic rings. The van der Waals surface area contributed by atoms with Gasteiger partial charge in [0.25, 0.3) is 0 Å². The number of rotatable bonds is 4. The van der Waals surface area contributed by atoms with E-state index < -0.39 is 0 Å². The Hall–Kier alpha value is -6.52. The van der Waals surface area contributed by atoms with E-state index in [1.165, 1.54) is 71.2 Å². The molecule has 240 valence electrons. The van der Waals surface area contributed by atoms with Gasteiger partial charge in [0.05, 0.1) is 44.7 Å². The molecule has 0 spiro atoms. The van der Waals surface area contributed by atoms with Gasteiger partial charge in [-0.3, -0.25) is 9.98 Å². The lowest BCUT2D eigenvalue weighted by Gasteiger charge is -2.09. The van der Waals surface area contributed by atoms with Crippen LogP contribution >= 0.6 is 0 Å². The van der Waals surface area contributed by atoms with Crippen LogP contribution in [0.2, 0.25) is 0 Å². The molecule has 0 radical (unpaired) electrons. The predicted molar refractivity (Wildman–Crippen MR) is 212 cm³/mol. The van der Waals surface area contributed by atoms with Crippen molar-refractivity contribution in [2.24, 2.45) is 9.98 Å². The third-order valence-electron chi connectivity index (χ3n) is 10.8. The zero-order chi connectivity index (χ0) is 33.5. The number of aliphatic imine (C=N–C) groups is 2. The van der Waals surface area contributed by atoms with Gasteiger partial charge in [-0.15, -0.1) is 0 Å². The summed E-state index contributed by atoms with van der Waals surface area (Å²) in [6, 6.07) is 48.3. The van der Waals surface area contributed by atoms with Crippen LogP contribution in [0.1, 0.15) is 28.7 Å². The molecular weight excluding hydrogens is 621 g/mol. The Morgan fingerprint density at radius 2 is 0.980 bits per heavy atom. The van der Waals surface area contributed by atoms with Crippen LogP contribution in [0.15, 0.2) is 156 Å². The molecule has 1 aliphatic carbocycles. The number of benzene rings is 6. The molecule has 0 saturated heterocycles. The van der Waals surface area contributed by atoms with Gasteiger partial charge in [-0.2, -0.15) is 0 Å². The van der Waals surface area contributed by atoms with Gasteiger partial charge >= 0.3 is 0 Å². The van der Waals surface area contributed by atoms with Crippen molar-refractivity contribution in [1.29, 1.82) is 0 Å². The smallest absolute Gasteiger partial charge is 0.0673 e. The quantitative estimate of drug-likeness (QED) is 0.182. The first-order valence-corrected chi connectivity index (χ1v) is 17.7. The van der Waals surface area contributed by atoms with E-state index in [0.29, 0.717) is 0 Å². The van der Waals surface area contributed by atoms with E-state index in [4.69, 9.17) is 9.98 Å². The van der Waals surface area contributed by atoms with Gasteiger partial charge in [-0.25, -0.2) is 0 Å². The summed E-state index contributed by atoms with van der Waals surface area (Å²) in [7, 11) is 0. The highest BCUT2D eigenvalue weighted by atomic mass is 15.0. The lowest BCUT2D eigenvalue weighted by Crippen LogP contribution is -2.27. The van der Waals surface area contributed by atoms with Crippen LogP contribution in [0, 0.1) is 0 Å². The standard InChI is InChI=1S/C47H32N4/c1-2-10-36-37-11-4-7-15-45(37)50(44(36)14-3-1)34-22-18-30(19-23-34)40-26-32-28-43-33(29-42(32)48-40)27-41(49-43)31-20-24-35(25-21-31)51-46-16-8-5-12-38(46)39-13-6-9-17-47(39)51/h1-2,4-25,28-29H,3,26-27H2. The Kier molecular flexibility index (Phi) is 6.11. The van der Waals surface area contributed by atoms with Crippen LogP contribution in [-0.2, 0) is 12.8 Å². The molecule has 51 heavy (non-hydrogen) atoms. The van der Waals surface area contributed by atoms with E-state index in [9.17, 15) is 0 Å².